The fourth-order valence-corrected chi connectivity index (χ4v) is 3.99. The van der Waals surface area contributed by atoms with Crippen LogP contribution in [0, 0.1) is 0 Å². The van der Waals surface area contributed by atoms with Crippen LogP contribution < -0.4 is 0 Å². The van der Waals surface area contributed by atoms with Crippen molar-refractivity contribution in [2.45, 2.75) is 44.0 Å². The normalized spacial score (nSPS) is 25.0. The number of rotatable bonds is 5. The zero-order valence-corrected chi connectivity index (χ0v) is 15.4. The van der Waals surface area contributed by atoms with Crippen LogP contribution in [0.15, 0.2) is 49.1 Å². The molecule has 2 aromatic rings. The summed E-state index contributed by atoms with van der Waals surface area (Å²) < 4.78 is 12.2. The van der Waals surface area contributed by atoms with Crippen molar-refractivity contribution in [1.82, 2.24) is 14.9 Å². The number of nitrogens with zero attached hydrogens (tertiary/aromatic N) is 3. The van der Waals surface area contributed by atoms with Gasteiger partial charge in [0.2, 0.25) is 5.91 Å². The molecule has 0 bridgehead atoms. The molecule has 2 atom stereocenters. The van der Waals surface area contributed by atoms with Crippen molar-refractivity contribution in [2.75, 3.05) is 19.7 Å². The first-order valence-corrected chi connectivity index (χ1v) is 9.54. The molecule has 0 unspecified atom stereocenters. The van der Waals surface area contributed by atoms with Crippen molar-refractivity contribution in [3.8, 4) is 0 Å². The van der Waals surface area contributed by atoms with E-state index in [1.54, 1.807) is 18.6 Å². The van der Waals surface area contributed by atoms with Crippen molar-refractivity contribution in [2.24, 2.45) is 0 Å². The Balaban J connectivity index is 1.31. The Morgan fingerprint density at radius 2 is 2.11 bits per heavy atom. The largest absolute Gasteiger partial charge is 0.371 e. The van der Waals surface area contributed by atoms with E-state index in [1.165, 1.54) is 0 Å². The minimum Gasteiger partial charge on any atom is -0.371 e. The molecule has 1 amide bonds. The predicted octanol–water partition coefficient (Wildman–Crippen LogP) is 2.39. The van der Waals surface area contributed by atoms with Gasteiger partial charge < -0.3 is 14.4 Å². The van der Waals surface area contributed by atoms with Crippen LogP contribution in [0.3, 0.4) is 0 Å². The number of likely N-dealkylation sites (tertiary alicyclic amines) is 1. The molecule has 27 heavy (non-hydrogen) atoms. The molecule has 2 aliphatic heterocycles. The van der Waals surface area contributed by atoms with Crippen molar-refractivity contribution >= 4 is 5.91 Å². The number of pyridine rings is 2. The molecule has 4 heterocycles. The summed E-state index contributed by atoms with van der Waals surface area (Å²) in [5, 5.41) is 0. The first kappa shape index (κ1) is 18.1. The zero-order chi connectivity index (χ0) is 18.5. The van der Waals surface area contributed by atoms with Gasteiger partial charge in [-0.1, -0.05) is 6.07 Å². The Labute approximate surface area is 159 Å². The summed E-state index contributed by atoms with van der Waals surface area (Å²) in [5.74, 6) is 0.156. The standard InChI is InChI=1S/C21H25N3O3/c25-20(11-17-4-8-22-9-5-17)24-10-2-6-21(16-24)12-19(15-27-21)26-14-18-3-1-7-23-13-18/h1,3-5,7-9,13,19H,2,6,10-12,14-16H2/t19-,21-/m0/s1. The monoisotopic (exact) mass is 367 g/mol. The quantitative estimate of drug-likeness (QED) is 0.812. The molecule has 2 aromatic heterocycles. The first-order valence-electron chi connectivity index (χ1n) is 9.54. The van der Waals surface area contributed by atoms with Crippen molar-refractivity contribution in [3.05, 3.63) is 60.2 Å². The van der Waals surface area contributed by atoms with E-state index in [9.17, 15) is 4.79 Å². The summed E-state index contributed by atoms with van der Waals surface area (Å²) >= 11 is 0. The lowest BCUT2D eigenvalue weighted by Crippen LogP contribution is -2.50. The average Bonchev–Trinajstić information content (AvgIpc) is 3.10. The number of hydrogen-bond donors (Lipinski definition) is 0. The summed E-state index contributed by atoms with van der Waals surface area (Å²) in [6, 6.07) is 7.72. The second-order valence-corrected chi connectivity index (χ2v) is 7.44. The zero-order valence-electron chi connectivity index (χ0n) is 15.4. The molecule has 0 aromatic carbocycles. The van der Waals surface area contributed by atoms with Gasteiger partial charge in [-0.2, -0.15) is 0 Å². The minimum absolute atomic E-state index is 0.0699. The van der Waals surface area contributed by atoms with E-state index in [-0.39, 0.29) is 17.6 Å². The molecule has 6 nitrogen and oxygen atoms in total. The summed E-state index contributed by atoms with van der Waals surface area (Å²) in [4.78, 5) is 22.8. The first-order chi connectivity index (χ1) is 13.2. The third-order valence-electron chi connectivity index (χ3n) is 5.38. The van der Waals surface area contributed by atoms with E-state index < -0.39 is 0 Å². The Kier molecular flexibility index (Phi) is 5.45. The number of carbonyl (C=O) groups excluding carboxylic acids is 1. The summed E-state index contributed by atoms with van der Waals surface area (Å²) in [7, 11) is 0. The lowest BCUT2D eigenvalue weighted by atomic mass is 9.89. The highest BCUT2D eigenvalue weighted by Gasteiger charge is 2.44. The van der Waals surface area contributed by atoms with Gasteiger partial charge in [-0.05, 0) is 42.2 Å². The number of ether oxygens (including phenoxy) is 2. The Hall–Kier alpha value is -2.31. The fraction of sp³-hybridized carbons (Fsp3) is 0.476. The van der Waals surface area contributed by atoms with Crippen LogP contribution >= 0.6 is 0 Å². The third kappa shape index (κ3) is 4.51. The van der Waals surface area contributed by atoms with Gasteiger partial charge >= 0.3 is 0 Å². The highest BCUT2D eigenvalue weighted by molar-refractivity contribution is 5.79. The molecule has 0 saturated carbocycles. The van der Waals surface area contributed by atoms with Gasteiger partial charge in [-0.25, -0.2) is 0 Å². The topological polar surface area (TPSA) is 64.6 Å². The van der Waals surface area contributed by atoms with E-state index >= 15 is 0 Å². The summed E-state index contributed by atoms with van der Waals surface area (Å²) in [5.41, 5.74) is 1.81. The smallest absolute Gasteiger partial charge is 0.227 e. The average molecular weight is 367 g/mol. The maximum atomic E-state index is 12.7. The van der Waals surface area contributed by atoms with E-state index in [1.807, 2.05) is 35.4 Å². The molecule has 4 rings (SSSR count). The van der Waals surface area contributed by atoms with Crippen LogP contribution in [0.2, 0.25) is 0 Å². The van der Waals surface area contributed by atoms with Crippen LogP contribution in [-0.4, -0.2) is 52.2 Å². The Morgan fingerprint density at radius 3 is 2.93 bits per heavy atom. The predicted molar refractivity (Wildman–Crippen MR) is 99.9 cm³/mol. The minimum atomic E-state index is -0.258. The molecular weight excluding hydrogens is 342 g/mol. The summed E-state index contributed by atoms with van der Waals surface area (Å²) in [6.07, 6.45) is 10.3. The summed E-state index contributed by atoms with van der Waals surface area (Å²) in [6.45, 7) is 2.59. The van der Waals surface area contributed by atoms with Gasteiger partial charge in [0, 0.05) is 44.3 Å². The molecule has 0 aliphatic carbocycles. The third-order valence-corrected chi connectivity index (χ3v) is 5.38. The highest BCUT2D eigenvalue weighted by Crippen LogP contribution is 2.36. The second-order valence-electron chi connectivity index (χ2n) is 7.44. The molecule has 142 valence electrons. The van der Waals surface area contributed by atoms with Crippen molar-refractivity contribution in [1.29, 1.82) is 0 Å². The SMILES string of the molecule is O=C(Cc1ccncc1)N1CCC[C@]2(C[C@H](OCc3cccnc3)CO2)C1. The number of aromatic nitrogens is 2. The molecule has 2 aliphatic rings. The van der Waals surface area contributed by atoms with E-state index in [2.05, 4.69) is 9.97 Å². The van der Waals surface area contributed by atoms with Crippen LogP contribution in [-0.2, 0) is 27.3 Å². The molecule has 1 spiro atoms. The number of piperidine rings is 1. The maximum Gasteiger partial charge on any atom is 0.227 e. The van der Waals surface area contributed by atoms with E-state index in [0.29, 0.717) is 26.2 Å². The van der Waals surface area contributed by atoms with Gasteiger partial charge in [0.15, 0.2) is 0 Å². The number of amides is 1. The number of hydrogen-bond acceptors (Lipinski definition) is 5. The highest BCUT2D eigenvalue weighted by atomic mass is 16.6. The van der Waals surface area contributed by atoms with Gasteiger partial charge in [0.05, 0.1) is 31.3 Å². The van der Waals surface area contributed by atoms with Crippen LogP contribution in [0.5, 0.6) is 0 Å². The molecule has 6 heteroatoms. The lowest BCUT2D eigenvalue weighted by Gasteiger charge is -2.39. The van der Waals surface area contributed by atoms with Crippen LogP contribution in [0.25, 0.3) is 0 Å². The Morgan fingerprint density at radius 1 is 1.22 bits per heavy atom. The number of carbonyl (C=O) groups is 1. The molecule has 2 fully saturated rings. The van der Waals surface area contributed by atoms with Gasteiger partial charge in [0.25, 0.3) is 0 Å². The van der Waals surface area contributed by atoms with E-state index in [4.69, 9.17) is 9.47 Å². The lowest BCUT2D eigenvalue weighted by molar-refractivity contribution is -0.138. The van der Waals surface area contributed by atoms with Crippen LogP contribution in [0.4, 0.5) is 0 Å². The van der Waals surface area contributed by atoms with Gasteiger partial charge in [-0.3, -0.25) is 14.8 Å². The van der Waals surface area contributed by atoms with Crippen molar-refractivity contribution in [3.63, 3.8) is 0 Å². The maximum absolute atomic E-state index is 12.7. The molecule has 0 N–H and O–H groups in total. The van der Waals surface area contributed by atoms with Gasteiger partial charge in [0.1, 0.15) is 0 Å². The molecular formula is C21H25N3O3. The molecule has 0 radical (unpaired) electrons. The Bertz CT molecular complexity index is 756. The van der Waals surface area contributed by atoms with Crippen molar-refractivity contribution < 1.29 is 14.3 Å². The van der Waals surface area contributed by atoms with Gasteiger partial charge in [-0.15, -0.1) is 0 Å². The molecule has 2 saturated heterocycles. The van der Waals surface area contributed by atoms with Crippen LogP contribution in [0.1, 0.15) is 30.4 Å². The van der Waals surface area contributed by atoms with E-state index in [0.717, 1.165) is 36.9 Å². The second kappa shape index (κ2) is 8.15. The fourth-order valence-electron chi connectivity index (χ4n) is 3.99.